The molecule has 0 fully saturated rings. The fourth-order valence-corrected chi connectivity index (χ4v) is 4.33. The van der Waals surface area contributed by atoms with Crippen LogP contribution < -0.4 is 0 Å². The highest BCUT2D eigenvalue weighted by molar-refractivity contribution is 7.97. The normalized spacial score (nSPS) is 10.9. The van der Waals surface area contributed by atoms with Crippen LogP contribution in [0.4, 0.5) is 13.2 Å². The molecule has 0 spiro atoms. The first-order chi connectivity index (χ1) is 10.7. The number of hydrogen-bond donors (Lipinski definition) is 0. The van der Waals surface area contributed by atoms with Crippen molar-refractivity contribution in [3.63, 3.8) is 0 Å². The van der Waals surface area contributed by atoms with Gasteiger partial charge in [-0.3, -0.25) is 0 Å². The molecule has 0 nitrogen and oxygen atoms in total. The summed E-state index contributed by atoms with van der Waals surface area (Å²) in [6.45, 7) is 0. The van der Waals surface area contributed by atoms with Crippen LogP contribution in [0.1, 0.15) is 0 Å². The number of halogens is 3. The summed E-state index contributed by atoms with van der Waals surface area (Å²) in [5, 5.41) is 0. The second kappa shape index (κ2) is 6.28. The highest BCUT2D eigenvalue weighted by Crippen LogP contribution is 2.35. The van der Waals surface area contributed by atoms with Crippen molar-refractivity contribution in [1.82, 2.24) is 0 Å². The molecule has 0 unspecified atom stereocenters. The summed E-state index contributed by atoms with van der Waals surface area (Å²) in [7, 11) is -1.17. The van der Waals surface area contributed by atoms with Crippen molar-refractivity contribution in [2.75, 3.05) is 0 Å². The zero-order valence-electron chi connectivity index (χ0n) is 11.5. The Morgan fingerprint density at radius 2 is 0.727 bits per heavy atom. The van der Waals surface area contributed by atoms with Gasteiger partial charge in [0.15, 0.2) is 17.5 Å². The molecule has 0 radical (unpaired) electrons. The van der Waals surface area contributed by atoms with Gasteiger partial charge in [-0.2, -0.15) is 0 Å². The molecular formula is C18H12F3S+. The lowest BCUT2D eigenvalue weighted by Crippen LogP contribution is -2.10. The summed E-state index contributed by atoms with van der Waals surface area (Å²) in [4.78, 5) is 0.827. The van der Waals surface area contributed by atoms with E-state index < -0.39 is 28.3 Å². The quantitative estimate of drug-likeness (QED) is 0.583. The van der Waals surface area contributed by atoms with Gasteiger partial charge < -0.3 is 0 Å². The number of hydrogen-bond acceptors (Lipinski definition) is 0. The minimum Gasteiger partial charge on any atom is -0.201 e. The largest absolute Gasteiger partial charge is 0.202 e. The van der Waals surface area contributed by atoms with E-state index in [4.69, 9.17) is 0 Å². The molecule has 0 heterocycles. The van der Waals surface area contributed by atoms with E-state index in [0.29, 0.717) is 0 Å². The highest BCUT2D eigenvalue weighted by atomic mass is 32.2. The first-order valence-corrected chi connectivity index (χ1v) is 7.89. The first kappa shape index (κ1) is 14.7. The third kappa shape index (κ3) is 2.74. The van der Waals surface area contributed by atoms with Crippen LogP contribution in [0.25, 0.3) is 0 Å². The molecule has 0 saturated carbocycles. The lowest BCUT2D eigenvalue weighted by molar-refractivity contribution is 0.586. The van der Waals surface area contributed by atoms with E-state index in [-0.39, 0.29) is 14.7 Å². The molecule has 3 aromatic rings. The average molecular weight is 317 g/mol. The second-order valence-electron chi connectivity index (χ2n) is 4.60. The summed E-state index contributed by atoms with van der Waals surface area (Å²) < 4.78 is 42.7. The smallest absolute Gasteiger partial charge is 0.201 e. The fourth-order valence-electron chi connectivity index (χ4n) is 2.19. The van der Waals surface area contributed by atoms with Crippen LogP contribution in [0.5, 0.6) is 0 Å². The van der Waals surface area contributed by atoms with Crippen molar-refractivity contribution in [2.24, 2.45) is 0 Å². The van der Waals surface area contributed by atoms with Gasteiger partial charge in [0.2, 0.25) is 14.7 Å². The fraction of sp³-hybridized carbons (Fsp3) is 0. The molecule has 0 aromatic heterocycles. The lowest BCUT2D eigenvalue weighted by Gasteiger charge is -2.09. The van der Waals surface area contributed by atoms with Gasteiger partial charge in [-0.1, -0.05) is 36.4 Å². The molecule has 3 rings (SSSR count). The van der Waals surface area contributed by atoms with Gasteiger partial charge in [0.25, 0.3) is 0 Å². The lowest BCUT2D eigenvalue weighted by atomic mass is 10.3. The average Bonchev–Trinajstić information content (AvgIpc) is 2.53. The van der Waals surface area contributed by atoms with Gasteiger partial charge >= 0.3 is 0 Å². The first-order valence-electron chi connectivity index (χ1n) is 6.66. The van der Waals surface area contributed by atoms with Gasteiger partial charge in [0, 0.05) is 0 Å². The third-order valence-corrected chi connectivity index (χ3v) is 5.48. The van der Waals surface area contributed by atoms with Crippen LogP contribution in [0, 0.1) is 17.5 Å². The van der Waals surface area contributed by atoms with Gasteiger partial charge in [-0.05, 0) is 36.4 Å². The Labute approximate surface area is 129 Å². The maximum atomic E-state index is 14.2. The molecule has 0 aliphatic rings. The van der Waals surface area contributed by atoms with Gasteiger partial charge in [0.05, 0.1) is 0 Å². The maximum absolute atomic E-state index is 14.2. The molecule has 0 bridgehead atoms. The Balaban J connectivity index is 2.27. The van der Waals surface area contributed by atoms with Crippen molar-refractivity contribution in [3.8, 4) is 0 Å². The molecule has 110 valence electrons. The van der Waals surface area contributed by atoms with E-state index in [1.54, 1.807) is 54.6 Å². The molecule has 0 N–H and O–H groups in total. The van der Waals surface area contributed by atoms with Crippen LogP contribution in [0.3, 0.4) is 0 Å². The van der Waals surface area contributed by atoms with E-state index >= 15 is 0 Å². The number of rotatable bonds is 3. The van der Waals surface area contributed by atoms with E-state index in [9.17, 15) is 13.2 Å². The van der Waals surface area contributed by atoms with Gasteiger partial charge in [0.1, 0.15) is 10.9 Å². The summed E-state index contributed by atoms with van der Waals surface area (Å²) in [6.07, 6.45) is 0. The maximum Gasteiger partial charge on any atom is 0.202 e. The van der Waals surface area contributed by atoms with Crippen LogP contribution in [0.2, 0.25) is 0 Å². The monoisotopic (exact) mass is 317 g/mol. The predicted molar refractivity (Wildman–Crippen MR) is 81.4 cm³/mol. The molecular weight excluding hydrogens is 305 g/mol. The molecule has 22 heavy (non-hydrogen) atoms. The summed E-state index contributed by atoms with van der Waals surface area (Å²) >= 11 is 0. The van der Waals surface area contributed by atoms with Crippen LogP contribution in [0.15, 0.2) is 87.5 Å². The van der Waals surface area contributed by atoms with Crippen molar-refractivity contribution >= 4 is 10.9 Å². The van der Waals surface area contributed by atoms with Crippen molar-refractivity contribution < 1.29 is 13.2 Å². The Morgan fingerprint density at radius 1 is 0.455 bits per heavy atom. The second-order valence-corrected chi connectivity index (χ2v) is 6.53. The topological polar surface area (TPSA) is 0 Å². The minimum absolute atomic E-state index is 0.276. The minimum atomic E-state index is -1.17. The molecule has 0 aliphatic carbocycles. The Morgan fingerprint density at radius 3 is 1.00 bits per heavy atom. The van der Waals surface area contributed by atoms with Crippen LogP contribution in [-0.2, 0) is 10.9 Å². The van der Waals surface area contributed by atoms with E-state index in [1.165, 1.54) is 18.2 Å². The van der Waals surface area contributed by atoms with Crippen molar-refractivity contribution in [3.05, 3.63) is 90.2 Å². The molecule has 0 atom stereocenters. The molecule has 0 amide bonds. The summed E-state index contributed by atoms with van der Waals surface area (Å²) in [5.74, 6) is -1.42. The zero-order chi connectivity index (χ0) is 15.5. The Kier molecular flexibility index (Phi) is 4.20. The van der Waals surface area contributed by atoms with Crippen LogP contribution >= 0.6 is 0 Å². The Bertz CT molecular complexity index is 693. The highest BCUT2D eigenvalue weighted by Gasteiger charge is 2.36. The summed E-state index contributed by atoms with van der Waals surface area (Å²) in [5.41, 5.74) is 0. The standard InChI is InChI=1S/C18H12F3S/c19-13-7-1-4-10-16(13)22(17-11-5-2-8-14(17)20)18-12-6-3-9-15(18)21/h1-12H/q+1. The van der Waals surface area contributed by atoms with E-state index in [2.05, 4.69) is 0 Å². The van der Waals surface area contributed by atoms with E-state index in [0.717, 1.165) is 0 Å². The third-order valence-electron chi connectivity index (χ3n) is 3.17. The molecule has 3 aromatic carbocycles. The van der Waals surface area contributed by atoms with Gasteiger partial charge in [-0.15, -0.1) is 0 Å². The van der Waals surface area contributed by atoms with Gasteiger partial charge in [-0.25, -0.2) is 13.2 Å². The summed E-state index contributed by atoms with van der Waals surface area (Å²) in [6, 6.07) is 18.3. The number of benzene rings is 3. The molecule has 4 heteroatoms. The van der Waals surface area contributed by atoms with E-state index in [1.807, 2.05) is 0 Å². The zero-order valence-corrected chi connectivity index (χ0v) is 12.3. The van der Waals surface area contributed by atoms with Crippen LogP contribution in [-0.4, -0.2) is 0 Å². The predicted octanol–water partition coefficient (Wildman–Crippen LogP) is 5.20. The SMILES string of the molecule is Fc1ccccc1[S+](c1ccccc1F)c1ccccc1F. The molecule has 0 saturated heterocycles. The molecule has 0 aliphatic heterocycles. The van der Waals surface area contributed by atoms with Crippen molar-refractivity contribution in [2.45, 2.75) is 14.7 Å². The Hall–Kier alpha value is -2.20. The van der Waals surface area contributed by atoms with Crippen molar-refractivity contribution in [1.29, 1.82) is 0 Å².